The third-order valence-corrected chi connectivity index (χ3v) is 15.3. The lowest BCUT2D eigenvalue weighted by atomic mass is 9.85. The Morgan fingerprint density at radius 3 is 2.33 bits per heavy atom. The number of aliphatic imine (C=N–C) groups is 2. The molecule has 72 heavy (non-hydrogen) atoms. The lowest BCUT2D eigenvalue weighted by Crippen LogP contribution is -2.32. The van der Waals surface area contributed by atoms with E-state index in [0.717, 1.165) is 77.3 Å². The molecule has 6 aromatic rings. The van der Waals surface area contributed by atoms with Gasteiger partial charge >= 0.3 is 0 Å². The molecule has 0 bridgehead atoms. The number of rotatable bonds is 9. The lowest BCUT2D eigenvalue weighted by molar-refractivity contribution is 0.641. The minimum absolute atomic E-state index is 0.251. The van der Waals surface area contributed by atoms with Crippen LogP contribution in [0.1, 0.15) is 68.2 Å². The van der Waals surface area contributed by atoms with Crippen molar-refractivity contribution in [2.45, 2.75) is 63.8 Å². The summed E-state index contributed by atoms with van der Waals surface area (Å²) in [6, 6.07) is 33.9. The smallest absolute Gasteiger partial charge is 0.230 e. The second-order valence-electron chi connectivity index (χ2n) is 19.4. The van der Waals surface area contributed by atoms with Crippen LogP contribution < -0.4 is 9.80 Å². The molecule has 1 aromatic heterocycles. The van der Waals surface area contributed by atoms with Crippen molar-refractivity contribution in [3.63, 3.8) is 0 Å². The molecule has 0 spiro atoms. The summed E-state index contributed by atoms with van der Waals surface area (Å²) in [5.74, 6) is 0.863. The molecule has 352 valence electrons. The number of hydrogen-bond donors (Lipinski definition) is 0. The molecular formula is C67H59N5. The van der Waals surface area contributed by atoms with E-state index < -0.39 is 0 Å². The van der Waals surface area contributed by atoms with Gasteiger partial charge in [-0.15, -0.1) is 0 Å². The minimum Gasteiger partial charge on any atom is -0.337 e. The number of benzene rings is 5. The Morgan fingerprint density at radius 2 is 1.56 bits per heavy atom. The zero-order valence-corrected chi connectivity index (χ0v) is 41.1. The molecule has 5 heteroatoms. The summed E-state index contributed by atoms with van der Waals surface area (Å²) < 4.78 is 2.33. The van der Waals surface area contributed by atoms with Crippen LogP contribution in [-0.4, -0.2) is 28.8 Å². The molecule has 1 unspecified atom stereocenters. The third kappa shape index (κ3) is 7.72. The number of anilines is 2. The monoisotopic (exact) mass is 933 g/mol. The van der Waals surface area contributed by atoms with Gasteiger partial charge in [0.1, 0.15) is 0 Å². The Bertz CT molecular complexity index is 3660. The van der Waals surface area contributed by atoms with Gasteiger partial charge in [-0.2, -0.15) is 0 Å². The molecule has 2 aliphatic heterocycles. The Kier molecular flexibility index (Phi) is 11.9. The number of hydrogen-bond acceptors (Lipinski definition) is 3. The van der Waals surface area contributed by atoms with Crippen LogP contribution in [0.25, 0.3) is 49.7 Å². The van der Waals surface area contributed by atoms with Crippen LogP contribution in [-0.2, 0) is 6.42 Å². The average molecular weight is 934 g/mol. The summed E-state index contributed by atoms with van der Waals surface area (Å²) in [5, 5.41) is 6.31. The number of aryl methyl sites for hydroxylation is 1. The molecule has 5 nitrogen and oxygen atoms in total. The minimum atomic E-state index is 0.251. The first-order valence-electron chi connectivity index (χ1n) is 25.7. The van der Waals surface area contributed by atoms with E-state index in [1.54, 1.807) is 0 Å². The SMILES string of the molecule is C=CC1=C(/C=C\C)N(c2ccccc2)/C(=C/C=C(\C=C)CN=C(N=C2C=CC=CC2=C)n2c3c(c4c5ccccc5c(-c5cc6c(c7ccccc57)N(C5=CCCCC5)C5C=CC=C[C@@H]65)cc42)CCC=C3)C1. The maximum Gasteiger partial charge on any atom is 0.230 e. The number of aromatic nitrogens is 1. The van der Waals surface area contributed by atoms with E-state index >= 15 is 0 Å². The molecule has 0 N–H and O–H groups in total. The zero-order valence-electron chi connectivity index (χ0n) is 41.1. The van der Waals surface area contributed by atoms with Gasteiger partial charge in [0, 0.05) is 45.9 Å². The topological polar surface area (TPSA) is 36.1 Å². The molecule has 0 fully saturated rings. The predicted molar refractivity (Wildman–Crippen MR) is 308 cm³/mol. The Hall–Kier alpha value is -8.28. The van der Waals surface area contributed by atoms with E-state index in [9.17, 15) is 0 Å². The van der Waals surface area contributed by atoms with E-state index in [1.165, 1.54) is 79.0 Å². The molecular weight excluding hydrogens is 875 g/mol. The fourth-order valence-corrected chi connectivity index (χ4v) is 11.9. The van der Waals surface area contributed by atoms with Gasteiger partial charge in [-0.1, -0.05) is 165 Å². The average Bonchev–Trinajstić information content (AvgIpc) is 4.09. The van der Waals surface area contributed by atoms with Gasteiger partial charge in [0.2, 0.25) is 5.96 Å². The molecule has 0 saturated carbocycles. The standard InChI is InChI=1S/C67H59N5/c1-5-24-61-47(7-3)41-50(70(61)48-26-10-8-11-27-48)40-39-46(6-2)44-68-67(69-60-36-21-14-25-45(60)4)72-63-38-23-20-35-56(63)65-54-33-17-15-30-51(54)58(43-64(65)72)57-42-59-53-32-19-22-37-62(53)71(49-28-12-9-13-29-49)66(59)55-34-18-16-31-52(55)57/h5-8,10-11,14-19,21-28,30-34,36-40,42-43,53,62H,2-4,9,12-13,20,29,35,41,44H2,1H3/b24-5-,46-39+,50-40+,68-67?,69-60?/t53-,62?/m0/s1. The summed E-state index contributed by atoms with van der Waals surface area (Å²) in [7, 11) is 0. The predicted octanol–water partition coefficient (Wildman–Crippen LogP) is 16.7. The molecule has 12 rings (SSSR count). The lowest BCUT2D eigenvalue weighted by Gasteiger charge is -2.33. The quantitative estimate of drug-likeness (QED) is 0.0823. The highest BCUT2D eigenvalue weighted by Gasteiger charge is 2.40. The molecule has 6 aliphatic rings. The molecule has 5 aromatic carbocycles. The van der Waals surface area contributed by atoms with Gasteiger partial charge in [0.05, 0.1) is 35.2 Å². The highest BCUT2D eigenvalue weighted by molar-refractivity contribution is 6.22. The van der Waals surface area contributed by atoms with Gasteiger partial charge in [-0.05, 0) is 149 Å². The van der Waals surface area contributed by atoms with Crippen LogP contribution in [0.5, 0.6) is 0 Å². The number of para-hydroxylation sites is 1. The first-order chi connectivity index (χ1) is 35.5. The van der Waals surface area contributed by atoms with Crippen molar-refractivity contribution in [3.8, 4) is 11.1 Å². The van der Waals surface area contributed by atoms with Crippen molar-refractivity contribution in [2.75, 3.05) is 16.3 Å². The number of nitrogens with zero attached hydrogens (tertiary/aromatic N) is 5. The van der Waals surface area contributed by atoms with Crippen LogP contribution in [0.4, 0.5) is 11.4 Å². The van der Waals surface area contributed by atoms with Gasteiger partial charge in [0.15, 0.2) is 0 Å². The summed E-state index contributed by atoms with van der Waals surface area (Å²) in [4.78, 5) is 16.0. The van der Waals surface area contributed by atoms with Crippen LogP contribution in [0.2, 0.25) is 0 Å². The van der Waals surface area contributed by atoms with Gasteiger partial charge in [0.25, 0.3) is 0 Å². The molecule has 4 aliphatic carbocycles. The van der Waals surface area contributed by atoms with Gasteiger partial charge < -0.3 is 9.80 Å². The maximum atomic E-state index is 5.51. The van der Waals surface area contributed by atoms with Crippen molar-refractivity contribution in [1.82, 2.24) is 4.57 Å². The summed E-state index contributed by atoms with van der Waals surface area (Å²) >= 11 is 0. The van der Waals surface area contributed by atoms with Crippen LogP contribution >= 0.6 is 0 Å². The molecule has 2 atom stereocenters. The van der Waals surface area contributed by atoms with Crippen molar-refractivity contribution >= 4 is 61.6 Å². The van der Waals surface area contributed by atoms with E-state index in [2.05, 4.69) is 199 Å². The van der Waals surface area contributed by atoms with Crippen LogP contribution in [0, 0.1) is 0 Å². The zero-order chi connectivity index (χ0) is 48.7. The van der Waals surface area contributed by atoms with Crippen LogP contribution in [0.15, 0.2) is 252 Å². The van der Waals surface area contributed by atoms with E-state index in [1.807, 2.05) is 36.5 Å². The highest BCUT2D eigenvalue weighted by atomic mass is 15.2. The summed E-state index contributed by atoms with van der Waals surface area (Å²) in [6.07, 6.45) is 44.5. The first-order valence-corrected chi connectivity index (χ1v) is 25.7. The Labute approximate surface area is 424 Å². The van der Waals surface area contributed by atoms with Gasteiger partial charge in [-0.3, -0.25) is 4.57 Å². The molecule has 0 radical (unpaired) electrons. The fourth-order valence-electron chi connectivity index (χ4n) is 11.9. The van der Waals surface area contributed by atoms with Gasteiger partial charge in [-0.25, -0.2) is 9.98 Å². The van der Waals surface area contributed by atoms with Crippen molar-refractivity contribution in [1.29, 1.82) is 0 Å². The normalized spacial score (nSPS) is 20.8. The summed E-state index contributed by atoms with van der Waals surface area (Å²) in [5.41, 5.74) is 17.4. The largest absolute Gasteiger partial charge is 0.337 e. The second-order valence-corrected chi connectivity index (χ2v) is 19.4. The van der Waals surface area contributed by atoms with Crippen molar-refractivity contribution in [2.24, 2.45) is 9.98 Å². The second kappa shape index (κ2) is 19.1. The van der Waals surface area contributed by atoms with E-state index in [-0.39, 0.29) is 12.0 Å². The van der Waals surface area contributed by atoms with Crippen molar-refractivity contribution in [3.05, 3.63) is 259 Å². The Morgan fingerprint density at radius 1 is 0.792 bits per heavy atom. The maximum absolute atomic E-state index is 5.51. The highest BCUT2D eigenvalue weighted by Crippen LogP contribution is 2.53. The molecule has 0 amide bonds. The van der Waals surface area contributed by atoms with E-state index in [4.69, 9.17) is 9.98 Å². The fraction of sp³-hybridized carbons (Fsp3) is 0.164. The van der Waals surface area contributed by atoms with Crippen molar-refractivity contribution < 1.29 is 0 Å². The third-order valence-electron chi connectivity index (χ3n) is 15.3. The number of allylic oxidation sites excluding steroid dienone is 16. The molecule has 3 heterocycles. The molecule has 0 saturated heterocycles. The first kappa shape index (κ1) is 44.9. The number of fused-ring (bicyclic) bond motifs is 10. The van der Waals surface area contributed by atoms with E-state index in [0.29, 0.717) is 12.5 Å². The van der Waals surface area contributed by atoms with Crippen LogP contribution in [0.3, 0.4) is 0 Å². The summed E-state index contributed by atoms with van der Waals surface area (Å²) in [6.45, 7) is 15.4. The Balaban J connectivity index is 1.06.